The summed E-state index contributed by atoms with van der Waals surface area (Å²) in [5, 5.41) is 17.5. The van der Waals surface area contributed by atoms with E-state index in [0.29, 0.717) is 13.2 Å². The van der Waals surface area contributed by atoms with Crippen molar-refractivity contribution in [2.75, 3.05) is 39.4 Å². The van der Waals surface area contributed by atoms with Crippen molar-refractivity contribution < 1.29 is 14.6 Å². The molecule has 0 bridgehead atoms. The van der Waals surface area contributed by atoms with Crippen molar-refractivity contribution >= 4 is 0 Å². The van der Waals surface area contributed by atoms with E-state index in [1.54, 1.807) is 0 Å². The Labute approximate surface area is 168 Å². The molecule has 5 heteroatoms. The molecule has 152 valence electrons. The lowest BCUT2D eigenvalue weighted by atomic mass is 10.1. The molecule has 0 atom stereocenters. The van der Waals surface area contributed by atoms with E-state index >= 15 is 0 Å². The molecule has 0 spiro atoms. The van der Waals surface area contributed by atoms with Crippen LogP contribution in [-0.4, -0.2) is 44.5 Å². The van der Waals surface area contributed by atoms with Crippen LogP contribution in [0.3, 0.4) is 0 Å². The van der Waals surface area contributed by atoms with Crippen molar-refractivity contribution in [3.63, 3.8) is 0 Å². The number of aliphatic hydroxyl groups is 1. The summed E-state index contributed by atoms with van der Waals surface area (Å²) in [5.41, 5.74) is 3.93. The summed E-state index contributed by atoms with van der Waals surface area (Å²) in [6.45, 7) is 9.17. The second-order valence-corrected chi connectivity index (χ2v) is 7.10. The Morgan fingerprint density at radius 2 is 1.21 bits per heavy atom. The van der Waals surface area contributed by atoms with Gasteiger partial charge in [0, 0.05) is 13.1 Å². The van der Waals surface area contributed by atoms with Gasteiger partial charge in [0.05, 0.1) is 0 Å². The van der Waals surface area contributed by atoms with Gasteiger partial charge in [0.1, 0.15) is 30.8 Å². The molecule has 3 rings (SSSR count). The fourth-order valence-electron chi connectivity index (χ4n) is 3.46. The van der Waals surface area contributed by atoms with Gasteiger partial charge in [-0.2, -0.15) is 0 Å². The van der Waals surface area contributed by atoms with Gasteiger partial charge < -0.3 is 25.2 Å². The van der Waals surface area contributed by atoms with Gasteiger partial charge in [-0.05, 0) is 72.5 Å². The summed E-state index contributed by atoms with van der Waals surface area (Å²) in [5.74, 6) is 1.59. The highest BCUT2D eigenvalue weighted by Gasteiger charge is 2.28. The highest BCUT2D eigenvalue weighted by Crippen LogP contribution is 2.45. The summed E-state index contributed by atoms with van der Waals surface area (Å²) in [4.78, 5) is 0. The van der Waals surface area contributed by atoms with Crippen molar-refractivity contribution in [2.45, 2.75) is 32.8 Å². The smallest absolute Gasteiger partial charge is 0.119 e. The molecular formula is C23H32N2O3. The predicted molar refractivity (Wildman–Crippen MR) is 113 cm³/mol. The van der Waals surface area contributed by atoms with Gasteiger partial charge in [-0.15, -0.1) is 0 Å². The molecule has 28 heavy (non-hydrogen) atoms. The van der Waals surface area contributed by atoms with Crippen molar-refractivity contribution in [1.82, 2.24) is 10.6 Å². The number of benzene rings is 2. The Hall–Kier alpha value is -2.08. The first-order valence-corrected chi connectivity index (χ1v) is 10.4. The van der Waals surface area contributed by atoms with Crippen LogP contribution in [0.2, 0.25) is 0 Å². The van der Waals surface area contributed by atoms with Gasteiger partial charge in [0.25, 0.3) is 0 Å². The average Bonchev–Trinajstić information content (AvgIpc) is 2.99. The summed E-state index contributed by atoms with van der Waals surface area (Å²) in [6.07, 6.45) is 1.59. The number of nitrogens with one attached hydrogen (secondary N) is 2. The number of fused-ring (bicyclic) bond motifs is 3. The molecule has 0 saturated heterocycles. The summed E-state index contributed by atoms with van der Waals surface area (Å²) in [7, 11) is 0. The van der Waals surface area contributed by atoms with Gasteiger partial charge in [0.15, 0.2) is 0 Å². The topological polar surface area (TPSA) is 62.8 Å². The Balaban J connectivity index is 1.61. The molecule has 0 aliphatic heterocycles. The molecule has 0 aromatic heterocycles. The van der Waals surface area contributed by atoms with Gasteiger partial charge >= 0.3 is 0 Å². The fourth-order valence-corrected chi connectivity index (χ4v) is 3.46. The van der Waals surface area contributed by atoms with Gasteiger partial charge in [-0.3, -0.25) is 0 Å². The Morgan fingerprint density at radius 1 is 0.750 bits per heavy atom. The van der Waals surface area contributed by atoms with E-state index in [1.165, 1.54) is 0 Å². The third-order valence-corrected chi connectivity index (χ3v) is 4.87. The Bertz CT molecular complexity index is 700. The second-order valence-electron chi connectivity index (χ2n) is 7.10. The lowest BCUT2D eigenvalue weighted by Gasteiger charge is -2.11. The molecule has 0 saturated carbocycles. The monoisotopic (exact) mass is 384 g/mol. The quantitative estimate of drug-likeness (QED) is 0.489. The molecular weight excluding hydrogens is 352 g/mol. The van der Waals surface area contributed by atoms with Crippen molar-refractivity contribution in [2.24, 2.45) is 0 Å². The molecule has 1 aliphatic carbocycles. The zero-order chi connectivity index (χ0) is 19.8. The molecule has 0 heterocycles. The van der Waals surface area contributed by atoms with Gasteiger partial charge in [0.2, 0.25) is 0 Å². The third kappa shape index (κ3) is 5.04. The van der Waals surface area contributed by atoms with Crippen LogP contribution in [0.4, 0.5) is 0 Å². The van der Waals surface area contributed by atoms with E-state index < -0.39 is 6.10 Å². The molecule has 5 nitrogen and oxygen atoms in total. The molecule has 0 fully saturated rings. The molecule has 3 N–H and O–H groups in total. The molecule has 0 unspecified atom stereocenters. The molecule has 2 aromatic carbocycles. The highest BCUT2D eigenvalue weighted by atomic mass is 16.5. The normalized spacial score (nSPS) is 12.7. The van der Waals surface area contributed by atoms with Crippen molar-refractivity contribution in [3.8, 4) is 22.6 Å². The van der Waals surface area contributed by atoms with E-state index in [4.69, 9.17) is 9.47 Å². The van der Waals surface area contributed by atoms with Crippen molar-refractivity contribution in [3.05, 3.63) is 47.5 Å². The maximum atomic E-state index is 10.8. The number of ether oxygens (including phenoxy) is 2. The summed E-state index contributed by atoms with van der Waals surface area (Å²) in [6, 6.07) is 11.9. The van der Waals surface area contributed by atoms with Crippen LogP contribution in [-0.2, 0) is 0 Å². The van der Waals surface area contributed by atoms with Crippen LogP contribution in [0.15, 0.2) is 36.4 Å². The van der Waals surface area contributed by atoms with Crippen LogP contribution in [0, 0.1) is 0 Å². The minimum absolute atomic E-state index is 0.617. The molecule has 1 aliphatic rings. The molecule has 2 aromatic rings. The predicted octanol–water partition coefficient (Wildman–Crippen LogP) is 3.51. The van der Waals surface area contributed by atoms with Crippen LogP contribution < -0.4 is 20.1 Å². The van der Waals surface area contributed by atoms with Crippen LogP contribution in [0.1, 0.15) is 43.9 Å². The first kappa shape index (κ1) is 20.6. The Kier molecular flexibility index (Phi) is 7.71. The summed E-state index contributed by atoms with van der Waals surface area (Å²) < 4.78 is 11.7. The van der Waals surface area contributed by atoms with Gasteiger partial charge in [-0.25, -0.2) is 0 Å². The maximum absolute atomic E-state index is 10.8. The molecule has 0 radical (unpaired) electrons. The lowest BCUT2D eigenvalue weighted by Crippen LogP contribution is -2.21. The van der Waals surface area contributed by atoms with E-state index in [2.05, 4.69) is 24.5 Å². The number of hydrogen-bond acceptors (Lipinski definition) is 5. The van der Waals surface area contributed by atoms with Crippen LogP contribution >= 0.6 is 0 Å². The lowest BCUT2D eigenvalue weighted by molar-refractivity contribution is 0.223. The average molecular weight is 385 g/mol. The zero-order valence-electron chi connectivity index (χ0n) is 17.0. The second kappa shape index (κ2) is 10.5. The zero-order valence-corrected chi connectivity index (χ0v) is 17.0. The fraction of sp³-hybridized carbons (Fsp3) is 0.478. The third-order valence-electron chi connectivity index (χ3n) is 4.87. The van der Waals surface area contributed by atoms with E-state index in [-0.39, 0.29) is 0 Å². The maximum Gasteiger partial charge on any atom is 0.119 e. The van der Waals surface area contributed by atoms with E-state index in [1.807, 2.05) is 36.4 Å². The highest BCUT2D eigenvalue weighted by molar-refractivity contribution is 5.79. The SMILES string of the molecule is CCCNCCOc1ccc2c(c1)C(O)c1cc(OCCNCCC)ccc1-2. The standard InChI is InChI=1S/C23H32N2O3/c1-3-9-24-11-13-27-17-5-7-19-20-8-6-18(28-14-12-25-10-4-2)16-22(20)23(26)21(19)15-17/h5-8,15-16,23-26H,3-4,9-14H2,1-2H3. The van der Waals surface area contributed by atoms with E-state index in [9.17, 15) is 5.11 Å². The first-order chi connectivity index (χ1) is 13.7. The van der Waals surface area contributed by atoms with E-state index in [0.717, 1.165) is 72.8 Å². The van der Waals surface area contributed by atoms with Crippen LogP contribution in [0.5, 0.6) is 11.5 Å². The number of rotatable bonds is 12. The van der Waals surface area contributed by atoms with Crippen molar-refractivity contribution in [1.29, 1.82) is 0 Å². The van der Waals surface area contributed by atoms with Gasteiger partial charge in [-0.1, -0.05) is 26.0 Å². The number of hydrogen-bond donors (Lipinski definition) is 3. The largest absolute Gasteiger partial charge is 0.492 e. The summed E-state index contributed by atoms with van der Waals surface area (Å²) >= 11 is 0. The van der Waals surface area contributed by atoms with Crippen LogP contribution in [0.25, 0.3) is 11.1 Å². The minimum Gasteiger partial charge on any atom is -0.492 e. The first-order valence-electron chi connectivity index (χ1n) is 10.4. The molecule has 0 amide bonds. The minimum atomic E-state index is -0.645. The number of aliphatic hydroxyl groups excluding tert-OH is 1. The Morgan fingerprint density at radius 3 is 1.64 bits per heavy atom.